The summed E-state index contributed by atoms with van der Waals surface area (Å²) in [6.07, 6.45) is 0. The van der Waals surface area contributed by atoms with Crippen LogP contribution in [0.2, 0.25) is 0 Å². The van der Waals surface area contributed by atoms with Crippen molar-refractivity contribution in [1.29, 1.82) is 0 Å². The van der Waals surface area contributed by atoms with E-state index in [0.29, 0.717) is 13.2 Å². The van der Waals surface area contributed by atoms with Crippen molar-refractivity contribution in [2.45, 2.75) is 13.5 Å². The highest BCUT2D eigenvalue weighted by Crippen LogP contribution is 2.43. The number of ether oxygens (including phenoxy) is 3. The van der Waals surface area contributed by atoms with E-state index < -0.39 is 0 Å². The van der Waals surface area contributed by atoms with Crippen molar-refractivity contribution < 1.29 is 14.2 Å². The molecule has 0 aliphatic carbocycles. The van der Waals surface area contributed by atoms with Crippen LogP contribution in [0, 0.1) is 6.92 Å². The topological polar surface area (TPSA) is 27.7 Å². The van der Waals surface area contributed by atoms with Gasteiger partial charge in [-0.25, -0.2) is 0 Å². The van der Waals surface area contributed by atoms with Crippen molar-refractivity contribution in [3.05, 3.63) is 58.7 Å². The first-order chi connectivity index (χ1) is 10.3. The predicted molar refractivity (Wildman–Crippen MR) is 81.3 cm³/mol. The molecule has 2 heterocycles. The van der Waals surface area contributed by atoms with Crippen LogP contribution in [0.1, 0.15) is 22.3 Å². The van der Waals surface area contributed by atoms with E-state index in [-0.39, 0.29) is 0 Å². The molecule has 0 spiro atoms. The van der Waals surface area contributed by atoms with Crippen LogP contribution >= 0.6 is 0 Å². The van der Waals surface area contributed by atoms with E-state index in [4.69, 9.17) is 14.2 Å². The van der Waals surface area contributed by atoms with Gasteiger partial charge in [0.05, 0.1) is 12.7 Å². The van der Waals surface area contributed by atoms with Gasteiger partial charge in [0.15, 0.2) is 0 Å². The molecule has 0 aromatic heterocycles. The molecule has 3 nitrogen and oxygen atoms in total. The van der Waals surface area contributed by atoms with Crippen molar-refractivity contribution in [3.63, 3.8) is 0 Å². The summed E-state index contributed by atoms with van der Waals surface area (Å²) in [5.74, 6) is 2.75. The summed E-state index contributed by atoms with van der Waals surface area (Å²) in [7, 11) is 1.70. The zero-order chi connectivity index (χ0) is 14.4. The van der Waals surface area contributed by atoms with Crippen LogP contribution in [0.5, 0.6) is 11.5 Å². The lowest BCUT2D eigenvalue weighted by Crippen LogP contribution is -2.17. The molecule has 2 aliphatic heterocycles. The van der Waals surface area contributed by atoms with E-state index in [0.717, 1.165) is 39.5 Å². The minimum Gasteiger partial charge on any atom is -0.496 e. The van der Waals surface area contributed by atoms with Gasteiger partial charge in [0, 0.05) is 11.1 Å². The Kier molecular flexibility index (Phi) is 2.67. The largest absolute Gasteiger partial charge is 0.496 e. The maximum absolute atomic E-state index is 6.02. The van der Waals surface area contributed by atoms with Crippen LogP contribution in [-0.2, 0) is 11.3 Å². The Hall–Kier alpha value is -2.42. The summed E-state index contributed by atoms with van der Waals surface area (Å²) in [4.78, 5) is 0. The fourth-order valence-corrected chi connectivity index (χ4v) is 3.02. The number of fused-ring (bicyclic) bond motifs is 4. The van der Waals surface area contributed by atoms with Gasteiger partial charge < -0.3 is 14.2 Å². The SMILES string of the molecule is COc1cc2c(cc1C)C1=C(OC2)c2ccccc2OC1. The van der Waals surface area contributed by atoms with Crippen molar-refractivity contribution in [1.82, 2.24) is 0 Å². The van der Waals surface area contributed by atoms with E-state index in [1.807, 2.05) is 24.3 Å². The van der Waals surface area contributed by atoms with Gasteiger partial charge in [-0.2, -0.15) is 0 Å². The lowest BCUT2D eigenvalue weighted by molar-refractivity contribution is 0.247. The zero-order valence-corrected chi connectivity index (χ0v) is 12.1. The molecule has 2 aromatic rings. The van der Waals surface area contributed by atoms with E-state index in [9.17, 15) is 0 Å². The Morgan fingerprint density at radius 3 is 2.71 bits per heavy atom. The standard InChI is InChI=1S/C18H16O3/c1-11-7-14-12(8-17(11)19-2)9-21-18-13-5-3-4-6-16(13)20-10-15(14)18/h3-8H,9-10H2,1-2H3. The molecule has 0 radical (unpaired) electrons. The van der Waals surface area contributed by atoms with Crippen molar-refractivity contribution in [2.24, 2.45) is 0 Å². The minimum atomic E-state index is 0.547. The van der Waals surface area contributed by atoms with Gasteiger partial charge in [0.2, 0.25) is 0 Å². The third kappa shape index (κ3) is 1.81. The molecule has 2 aromatic carbocycles. The summed E-state index contributed by atoms with van der Waals surface area (Å²) in [6, 6.07) is 12.3. The Morgan fingerprint density at radius 2 is 1.86 bits per heavy atom. The Labute approximate surface area is 123 Å². The summed E-state index contributed by atoms with van der Waals surface area (Å²) >= 11 is 0. The molecule has 4 rings (SSSR count). The van der Waals surface area contributed by atoms with E-state index >= 15 is 0 Å². The molecule has 0 atom stereocenters. The lowest BCUT2D eigenvalue weighted by Gasteiger charge is -2.29. The molecule has 0 saturated heterocycles. The lowest BCUT2D eigenvalue weighted by atomic mass is 9.91. The van der Waals surface area contributed by atoms with Gasteiger partial charge in [0.1, 0.15) is 30.5 Å². The Balaban J connectivity index is 1.91. The first kappa shape index (κ1) is 12.3. The van der Waals surface area contributed by atoms with Crippen LogP contribution in [-0.4, -0.2) is 13.7 Å². The highest BCUT2D eigenvalue weighted by atomic mass is 16.5. The average Bonchev–Trinajstić information content (AvgIpc) is 2.53. The quantitative estimate of drug-likeness (QED) is 0.795. The Bertz CT molecular complexity index is 759. The number of hydrogen-bond acceptors (Lipinski definition) is 3. The number of aryl methyl sites for hydroxylation is 1. The monoisotopic (exact) mass is 280 g/mol. The molecule has 2 aliphatic rings. The van der Waals surface area contributed by atoms with Gasteiger partial charge in [-0.15, -0.1) is 0 Å². The highest BCUT2D eigenvalue weighted by Gasteiger charge is 2.28. The third-order valence-electron chi connectivity index (χ3n) is 4.10. The molecule has 0 bridgehead atoms. The summed E-state index contributed by atoms with van der Waals surface area (Å²) in [5.41, 5.74) is 5.66. The second-order valence-corrected chi connectivity index (χ2v) is 5.36. The molecule has 0 N–H and O–H groups in total. The van der Waals surface area contributed by atoms with E-state index in [1.165, 1.54) is 5.56 Å². The van der Waals surface area contributed by atoms with Gasteiger partial charge >= 0.3 is 0 Å². The van der Waals surface area contributed by atoms with Crippen LogP contribution in [0.15, 0.2) is 36.4 Å². The van der Waals surface area contributed by atoms with Crippen molar-refractivity contribution >= 4 is 11.3 Å². The second-order valence-electron chi connectivity index (χ2n) is 5.36. The summed E-state index contributed by atoms with van der Waals surface area (Å²) < 4.78 is 17.3. The smallest absolute Gasteiger partial charge is 0.137 e. The first-order valence-electron chi connectivity index (χ1n) is 7.04. The average molecular weight is 280 g/mol. The van der Waals surface area contributed by atoms with Crippen molar-refractivity contribution in [3.8, 4) is 11.5 Å². The number of rotatable bonds is 1. The molecule has 21 heavy (non-hydrogen) atoms. The van der Waals surface area contributed by atoms with Crippen LogP contribution in [0.4, 0.5) is 0 Å². The molecule has 3 heteroatoms. The number of benzene rings is 2. The van der Waals surface area contributed by atoms with Crippen LogP contribution in [0.25, 0.3) is 11.3 Å². The summed E-state index contributed by atoms with van der Waals surface area (Å²) in [5, 5.41) is 0. The van der Waals surface area contributed by atoms with Crippen LogP contribution < -0.4 is 9.47 Å². The minimum absolute atomic E-state index is 0.547. The number of methoxy groups -OCH3 is 1. The first-order valence-corrected chi connectivity index (χ1v) is 7.04. The molecule has 0 amide bonds. The molecule has 0 unspecified atom stereocenters. The molecule has 0 saturated carbocycles. The number of para-hydroxylation sites is 1. The second kappa shape index (κ2) is 4.55. The summed E-state index contributed by atoms with van der Waals surface area (Å²) in [6.45, 7) is 3.18. The van der Waals surface area contributed by atoms with Gasteiger partial charge in [-0.1, -0.05) is 12.1 Å². The Morgan fingerprint density at radius 1 is 1.00 bits per heavy atom. The molecule has 106 valence electrons. The normalized spacial score (nSPS) is 15.3. The van der Waals surface area contributed by atoms with Gasteiger partial charge in [-0.3, -0.25) is 0 Å². The highest BCUT2D eigenvalue weighted by molar-refractivity contribution is 5.93. The van der Waals surface area contributed by atoms with Gasteiger partial charge in [-0.05, 0) is 42.3 Å². The maximum atomic E-state index is 6.02. The molecular formula is C18H16O3. The molecular weight excluding hydrogens is 264 g/mol. The number of hydrogen-bond donors (Lipinski definition) is 0. The molecule has 0 fully saturated rings. The fraction of sp³-hybridized carbons (Fsp3) is 0.222. The third-order valence-corrected chi connectivity index (χ3v) is 4.10. The van der Waals surface area contributed by atoms with E-state index in [1.54, 1.807) is 7.11 Å². The van der Waals surface area contributed by atoms with Gasteiger partial charge in [0.25, 0.3) is 0 Å². The zero-order valence-electron chi connectivity index (χ0n) is 12.1. The van der Waals surface area contributed by atoms with Crippen molar-refractivity contribution in [2.75, 3.05) is 13.7 Å². The fourth-order valence-electron chi connectivity index (χ4n) is 3.02. The predicted octanol–water partition coefficient (Wildman–Crippen LogP) is 3.79. The van der Waals surface area contributed by atoms with Crippen LogP contribution in [0.3, 0.4) is 0 Å². The maximum Gasteiger partial charge on any atom is 0.137 e. The van der Waals surface area contributed by atoms with E-state index in [2.05, 4.69) is 19.1 Å².